The molecule has 1 aromatic heterocycles. The molecule has 0 bridgehead atoms. The van der Waals surface area contributed by atoms with Crippen molar-refractivity contribution in [3.05, 3.63) is 81.7 Å². The van der Waals surface area contributed by atoms with Crippen LogP contribution in [0.5, 0.6) is 11.5 Å². The molecular formula is C23H24N4O5S. The summed E-state index contributed by atoms with van der Waals surface area (Å²) in [6.45, 7) is 7.11. The number of hydrogen-bond donors (Lipinski definition) is 0. The van der Waals surface area contributed by atoms with Crippen molar-refractivity contribution < 1.29 is 19.1 Å². The normalized spacial score (nSPS) is 12.6. The second-order valence-electron chi connectivity index (χ2n) is 7.33. The topological polar surface area (TPSA) is 102 Å². The Balaban J connectivity index is 1.50. The Bertz CT molecular complexity index is 1150. The van der Waals surface area contributed by atoms with E-state index in [0.29, 0.717) is 34.6 Å². The number of nitro groups is 1. The number of benzene rings is 2. The number of ether oxygens (including phenoxy) is 3. The molecule has 0 spiro atoms. The molecule has 0 fully saturated rings. The van der Waals surface area contributed by atoms with Crippen LogP contribution in [0.4, 0.5) is 5.69 Å². The lowest BCUT2D eigenvalue weighted by atomic mass is 10.1. The predicted molar refractivity (Wildman–Crippen MR) is 123 cm³/mol. The van der Waals surface area contributed by atoms with E-state index in [2.05, 4.69) is 23.7 Å². The molecule has 1 aliphatic heterocycles. The SMILES string of the molecule is C=CCn1c(COc2ccc(CC)cc2)nnc1SCc1cc([N+](=O)[O-])cc2c1OCOC2. The Labute approximate surface area is 195 Å². The first kappa shape index (κ1) is 22.8. The van der Waals surface area contributed by atoms with Crippen LogP contribution in [-0.2, 0) is 36.7 Å². The lowest BCUT2D eigenvalue weighted by molar-refractivity contribution is -0.385. The molecule has 2 heterocycles. The second kappa shape index (κ2) is 10.5. The molecule has 172 valence electrons. The number of hydrogen-bond acceptors (Lipinski definition) is 8. The third-order valence-corrected chi connectivity index (χ3v) is 6.16. The van der Waals surface area contributed by atoms with Gasteiger partial charge in [-0.05, 0) is 24.1 Å². The Hall–Kier alpha value is -3.37. The highest BCUT2D eigenvalue weighted by Crippen LogP contribution is 2.36. The maximum absolute atomic E-state index is 11.3. The third-order valence-electron chi connectivity index (χ3n) is 5.14. The molecule has 2 aromatic carbocycles. The van der Waals surface area contributed by atoms with Gasteiger partial charge in [0.1, 0.15) is 18.1 Å². The number of nitrogens with zero attached hydrogens (tertiary/aromatic N) is 4. The molecule has 0 atom stereocenters. The summed E-state index contributed by atoms with van der Waals surface area (Å²) in [5, 5.41) is 20.6. The third kappa shape index (κ3) is 5.35. The minimum absolute atomic E-state index is 0.00851. The average Bonchev–Trinajstić information content (AvgIpc) is 3.22. The maximum atomic E-state index is 11.3. The highest BCUT2D eigenvalue weighted by Gasteiger charge is 2.22. The van der Waals surface area contributed by atoms with Gasteiger partial charge >= 0.3 is 0 Å². The lowest BCUT2D eigenvalue weighted by Gasteiger charge is -2.20. The fourth-order valence-electron chi connectivity index (χ4n) is 3.45. The fraction of sp³-hybridized carbons (Fsp3) is 0.304. The molecule has 0 N–H and O–H groups in total. The summed E-state index contributed by atoms with van der Waals surface area (Å²) in [6, 6.07) is 11.0. The Morgan fingerprint density at radius 1 is 1.30 bits per heavy atom. The first-order chi connectivity index (χ1) is 16.1. The van der Waals surface area contributed by atoms with E-state index in [4.69, 9.17) is 14.2 Å². The summed E-state index contributed by atoms with van der Waals surface area (Å²) in [5.74, 6) is 2.49. The number of non-ortho nitro benzene ring substituents is 1. The van der Waals surface area contributed by atoms with E-state index in [0.717, 1.165) is 17.7 Å². The van der Waals surface area contributed by atoms with Gasteiger partial charge in [-0.1, -0.05) is 36.9 Å². The smallest absolute Gasteiger partial charge is 0.270 e. The zero-order valence-corrected chi connectivity index (χ0v) is 19.0. The minimum Gasteiger partial charge on any atom is -0.486 e. The molecule has 0 aliphatic carbocycles. The van der Waals surface area contributed by atoms with Gasteiger partial charge in [0.2, 0.25) is 0 Å². The molecule has 0 saturated carbocycles. The number of aromatic nitrogens is 3. The van der Waals surface area contributed by atoms with Crippen LogP contribution in [-0.4, -0.2) is 26.5 Å². The summed E-state index contributed by atoms with van der Waals surface area (Å²) in [7, 11) is 0. The number of aryl methyl sites for hydroxylation is 1. The van der Waals surface area contributed by atoms with Crippen molar-refractivity contribution in [1.29, 1.82) is 0 Å². The van der Waals surface area contributed by atoms with Crippen molar-refractivity contribution in [2.24, 2.45) is 0 Å². The molecule has 9 nitrogen and oxygen atoms in total. The van der Waals surface area contributed by atoms with Gasteiger partial charge in [-0.3, -0.25) is 14.7 Å². The van der Waals surface area contributed by atoms with Gasteiger partial charge in [0.05, 0.1) is 11.5 Å². The van der Waals surface area contributed by atoms with E-state index < -0.39 is 4.92 Å². The predicted octanol–water partition coefficient (Wildman–Crippen LogP) is 4.67. The van der Waals surface area contributed by atoms with Gasteiger partial charge in [-0.25, -0.2) is 0 Å². The number of fused-ring (bicyclic) bond motifs is 1. The molecule has 10 heteroatoms. The van der Waals surface area contributed by atoms with Crippen LogP contribution in [0.15, 0.2) is 54.2 Å². The van der Waals surface area contributed by atoms with Crippen molar-refractivity contribution in [3.8, 4) is 11.5 Å². The Kier molecular flexibility index (Phi) is 7.26. The number of rotatable bonds is 10. The molecule has 33 heavy (non-hydrogen) atoms. The number of allylic oxidation sites excluding steroid dienone is 1. The number of thioether (sulfide) groups is 1. The highest BCUT2D eigenvalue weighted by molar-refractivity contribution is 7.98. The van der Waals surface area contributed by atoms with Gasteiger partial charge in [-0.2, -0.15) is 0 Å². The van der Waals surface area contributed by atoms with E-state index in [-0.39, 0.29) is 25.7 Å². The zero-order chi connectivity index (χ0) is 23.2. The molecule has 0 unspecified atom stereocenters. The van der Waals surface area contributed by atoms with Crippen molar-refractivity contribution in [1.82, 2.24) is 14.8 Å². The van der Waals surface area contributed by atoms with Crippen molar-refractivity contribution >= 4 is 17.4 Å². The van der Waals surface area contributed by atoms with Crippen molar-refractivity contribution in [3.63, 3.8) is 0 Å². The van der Waals surface area contributed by atoms with Gasteiger partial charge in [0, 0.05) is 35.6 Å². The van der Waals surface area contributed by atoms with Crippen LogP contribution in [0, 0.1) is 10.1 Å². The van der Waals surface area contributed by atoms with Crippen LogP contribution in [0.1, 0.15) is 29.4 Å². The molecule has 1 aliphatic rings. The monoisotopic (exact) mass is 468 g/mol. The van der Waals surface area contributed by atoms with E-state index >= 15 is 0 Å². The minimum atomic E-state index is -0.411. The standard InChI is InChI=1S/C23H24N4O5S/c1-3-9-26-21(13-31-20-7-5-16(4-2)6-8-20)24-25-23(26)33-14-18-11-19(27(28)29)10-17-12-30-15-32-22(17)18/h3,5-8,10-11H,1,4,9,12-15H2,2H3. The van der Waals surface area contributed by atoms with Gasteiger partial charge < -0.3 is 14.2 Å². The quantitative estimate of drug-likeness (QED) is 0.183. The Morgan fingerprint density at radius 3 is 2.85 bits per heavy atom. The van der Waals surface area contributed by atoms with Crippen LogP contribution < -0.4 is 9.47 Å². The molecular weight excluding hydrogens is 444 g/mol. The molecule has 0 amide bonds. The van der Waals surface area contributed by atoms with Crippen LogP contribution in [0.2, 0.25) is 0 Å². The average molecular weight is 469 g/mol. The fourth-order valence-corrected chi connectivity index (χ4v) is 4.38. The summed E-state index contributed by atoms with van der Waals surface area (Å²) in [6.07, 6.45) is 2.74. The first-order valence-corrected chi connectivity index (χ1v) is 11.5. The molecule has 0 saturated heterocycles. The van der Waals surface area contributed by atoms with Gasteiger partial charge in [0.25, 0.3) is 5.69 Å². The van der Waals surface area contributed by atoms with E-state index in [9.17, 15) is 10.1 Å². The van der Waals surface area contributed by atoms with Gasteiger partial charge in [-0.15, -0.1) is 16.8 Å². The lowest BCUT2D eigenvalue weighted by Crippen LogP contribution is -2.13. The molecule has 0 radical (unpaired) electrons. The molecule has 3 aromatic rings. The van der Waals surface area contributed by atoms with E-state index in [1.54, 1.807) is 6.08 Å². The van der Waals surface area contributed by atoms with Crippen molar-refractivity contribution in [2.75, 3.05) is 6.79 Å². The number of nitro benzene ring substituents is 1. The summed E-state index contributed by atoms with van der Waals surface area (Å²) in [5.41, 5.74) is 2.64. The summed E-state index contributed by atoms with van der Waals surface area (Å²) >= 11 is 1.42. The Morgan fingerprint density at radius 2 is 2.12 bits per heavy atom. The first-order valence-electron chi connectivity index (χ1n) is 10.5. The van der Waals surface area contributed by atoms with Gasteiger partial charge in [0.15, 0.2) is 17.8 Å². The highest BCUT2D eigenvalue weighted by atomic mass is 32.2. The maximum Gasteiger partial charge on any atom is 0.270 e. The summed E-state index contributed by atoms with van der Waals surface area (Å²) < 4.78 is 18.7. The largest absolute Gasteiger partial charge is 0.486 e. The van der Waals surface area contributed by atoms with Crippen molar-refractivity contribution in [2.45, 2.75) is 44.0 Å². The van der Waals surface area contributed by atoms with Crippen LogP contribution in [0.3, 0.4) is 0 Å². The zero-order valence-electron chi connectivity index (χ0n) is 18.2. The second-order valence-corrected chi connectivity index (χ2v) is 8.28. The summed E-state index contributed by atoms with van der Waals surface area (Å²) in [4.78, 5) is 10.9. The van der Waals surface area contributed by atoms with E-state index in [1.165, 1.54) is 29.5 Å². The van der Waals surface area contributed by atoms with Crippen LogP contribution in [0.25, 0.3) is 0 Å². The van der Waals surface area contributed by atoms with E-state index in [1.807, 2.05) is 28.8 Å². The molecule has 4 rings (SSSR count). The van der Waals surface area contributed by atoms with Crippen LogP contribution >= 0.6 is 11.8 Å².